The second kappa shape index (κ2) is 5.34. The fraction of sp³-hybridized carbons (Fsp3) is 0.471. The third kappa shape index (κ3) is 2.74. The lowest BCUT2D eigenvalue weighted by Gasteiger charge is -2.29. The van der Waals surface area contributed by atoms with E-state index in [1.165, 1.54) is 4.90 Å². The van der Waals surface area contributed by atoms with Crippen molar-refractivity contribution in [3.63, 3.8) is 0 Å². The molecule has 122 valence electrons. The highest BCUT2D eigenvalue weighted by atomic mass is 35.5. The van der Waals surface area contributed by atoms with Gasteiger partial charge in [0.05, 0.1) is 10.6 Å². The molecule has 1 unspecified atom stereocenters. The van der Waals surface area contributed by atoms with Crippen molar-refractivity contribution in [2.45, 2.75) is 51.6 Å². The second-order valence-corrected chi connectivity index (χ2v) is 7.55. The highest BCUT2D eigenvalue weighted by Gasteiger charge is 2.40. The van der Waals surface area contributed by atoms with Gasteiger partial charge in [-0.3, -0.25) is 19.7 Å². The highest BCUT2D eigenvalue weighted by molar-refractivity contribution is 6.34. The van der Waals surface area contributed by atoms with Crippen LogP contribution in [0.2, 0.25) is 5.02 Å². The molecule has 3 amide bonds. The average Bonchev–Trinajstić information content (AvgIpc) is 2.75. The maximum Gasteiger partial charge on any atom is 0.256 e. The Labute approximate surface area is 140 Å². The molecule has 23 heavy (non-hydrogen) atoms. The Morgan fingerprint density at radius 3 is 2.52 bits per heavy atom. The predicted molar refractivity (Wildman–Crippen MR) is 86.2 cm³/mol. The largest absolute Gasteiger partial charge is 0.322 e. The van der Waals surface area contributed by atoms with E-state index in [9.17, 15) is 14.4 Å². The summed E-state index contributed by atoms with van der Waals surface area (Å²) in [6.45, 7) is 6.60. The molecule has 6 heteroatoms. The molecule has 2 heterocycles. The Morgan fingerprint density at radius 2 is 1.91 bits per heavy atom. The minimum Gasteiger partial charge on any atom is -0.322 e. The summed E-state index contributed by atoms with van der Waals surface area (Å²) in [4.78, 5) is 37.5. The molecule has 0 aromatic heterocycles. The van der Waals surface area contributed by atoms with Gasteiger partial charge >= 0.3 is 0 Å². The maximum atomic E-state index is 12.7. The second-order valence-electron chi connectivity index (χ2n) is 7.14. The SMILES string of the molecule is CC(C)(C)c1cc(Cl)c2c(c1)CN(C1CCC(=O)NC1=O)C2=O. The van der Waals surface area contributed by atoms with E-state index in [1.807, 2.05) is 12.1 Å². The monoisotopic (exact) mass is 334 g/mol. The first kappa shape index (κ1) is 16.0. The van der Waals surface area contributed by atoms with E-state index >= 15 is 0 Å². The van der Waals surface area contributed by atoms with Gasteiger partial charge < -0.3 is 4.90 Å². The number of hydrogen-bond acceptors (Lipinski definition) is 3. The molecule has 2 aliphatic rings. The number of carbonyl (C=O) groups excluding carboxylic acids is 3. The van der Waals surface area contributed by atoms with Crippen molar-refractivity contribution in [1.29, 1.82) is 0 Å². The van der Waals surface area contributed by atoms with Gasteiger partial charge in [0.1, 0.15) is 6.04 Å². The molecule has 1 aromatic rings. The lowest BCUT2D eigenvalue weighted by Crippen LogP contribution is -2.52. The van der Waals surface area contributed by atoms with Crippen LogP contribution < -0.4 is 5.32 Å². The molecular weight excluding hydrogens is 316 g/mol. The van der Waals surface area contributed by atoms with Crippen LogP contribution in [-0.2, 0) is 21.5 Å². The van der Waals surface area contributed by atoms with E-state index in [2.05, 4.69) is 26.1 Å². The average molecular weight is 335 g/mol. The van der Waals surface area contributed by atoms with Gasteiger partial charge in [0, 0.05) is 13.0 Å². The zero-order valence-corrected chi connectivity index (χ0v) is 14.2. The van der Waals surface area contributed by atoms with Crippen LogP contribution >= 0.6 is 11.6 Å². The molecule has 0 aliphatic carbocycles. The molecule has 0 saturated carbocycles. The smallest absolute Gasteiger partial charge is 0.256 e. The Kier molecular flexibility index (Phi) is 3.71. The standard InChI is InChI=1S/C17H19ClN2O3/c1-17(2,3)10-6-9-8-20(16(23)14(9)11(18)7-10)12-4-5-13(21)19-15(12)22/h6-7,12H,4-5,8H2,1-3H3,(H,19,21,22). The van der Waals surface area contributed by atoms with Gasteiger partial charge in [-0.1, -0.05) is 38.4 Å². The van der Waals surface area contributed by atoms with E-state index in [0.29, 0.717) is 23.6 Å². The van der Waals surface area contributed by atoms with Crippen LogP contribution in [0, 0.1) is 0 Å². The summed E-state index contributed by atoms with van der Waals surface area (Å²) in [6.07, 6.45) is 0.603. The van der Waals surface area contributed by atoms with E-state index in [4.69, 9.17) is 11.6 Å². The number of benzene rings is 1. The van der Waals surface area contributed by atoms with E-state index < -0.39 is 11.9 Å². The number of rotatable bonds is 1. The van der Waals surface area contributed by atoms with Crippen LogP contribution in [0.15, 0.2) is 12.1 Å². The molecule has 0 radical (unpaired) electrons. The topological polar surface area (TPSA) is 66.5 Å². The van der Waals surface area contributed by atoms with Gasteiger partial charge in [-0.2, -0.15) is 0 Å². The number of nitrogens with zero attached hydrogens (tertiary/aromatic N) is 1. The lowest BCUT2D eigenvalue weighted by molar-refractivity contribution is -0.136. The van der Waals surface area contributed by atoms with Gasteiger partial charge in [0.2, 0.25) is 11.8 Å². The number of hydrogen-bond donors (Lipinski definition) is 1. The van der Waals surface area contributed by atoms with Crippen LogP contribution in [0.5, 0.6) is 0 Å². The summed E-state index contributed by atoms with van der Waals surface area (Å²) in [5, 5.41) is 2.72. The third-order valence-electron chi connectivity index (χ3n) is 4.44. The molecule has 5 nitrogen and oxygen atoms in total. The highest BCUT2D eigenvalue weighted by Crippen LogP contribution is 2.36. The molecule has 2 aliphatic heterocycles. The normalized spacial score (nSPS) is 21.5. The summed E-state index contributed by atoms with van der Waals surface area (Å²) < 4.78 is 0. The summed E-state index contributed by atoms with van der Waals surface area (Å²) in [5.74, 6) is -0.932. The number of nitrogens with one attached hydrogen (secondary N) is 1. The van der Waals surface area contributed by atoms with E-state index in [1.54, 1.807) is 0 Å². The van der Waals surface area contributed by atoms with E-state index in [0.717, 1.165) is 11.1 Å². The number of imide groups is 1. The lowest BCUT2D eigenvalue weighted by atomic mass is 9.85. The molecule has 1 aromatic carbocycles. The Morgan fingerprint density at radius 1 is 1.22 bits per heavy atom. The molecule has 1 saturated heterocycles. The maximum absolute atomic E-state index is 12.7. The van der Waals surface area contributed by atoms with Crippen molar-refractivity contribution in [3.05, 3.63) is 33.8 Å². The number of halogens is 1. The van der Waals surface area contributed by atoms with Crippen LogP contribution in [0.25, 0.3) is 0 Å². The third-order valence-corrected chi connectivity index (χ3v) is 4.74. The molecular formula is C17H19ClN2O3. The number of carbonyl (C=O) groups is 3. The van der Waals surface area contributed by atoms with Gasteiger partial charge in [-0.05, 0) is 29.0 Å². The fourth-order valence-electron chi connectivity index (χ4n) is 3.09. The Hall–Kier alpha value is -1.88. The van der Waals surface area contributed by atoms with Crippen LogP contribution in [0.1, 0.15) is 55.1 Å². The number of amides is 3. The first-order valence-electron chi connectivity index (χ1n) is 7.66. The van der Waals surface area contributed by atoms with Crippen molar-refractivity contribution in [2.24, 2.45) is 0 Å². The van der Waals surface area contributed by atoms with Crippen molar-refractivity contribution in [3.8, 4) is 0 Å². The zero-order chi connectivity index (χ0) is 16.9. The van der Waals surface area contributed by atoms with Crippen molar-refractivity contribution < 1.29 is 14.4 Å². The summed E-state index contributed by atoms with van der Waals surface area (Å²) in [5.41, 5.74) is 2.30. The molecule has 1 N–H and O–H groups in total. The molecule has 0 bridgehead atoms. The first-order chi connectivity index (χ1) is 10.7. The minimum atomic E-state index is -0.609. The van der Waals surface area contributed by atoms with Gasteiger partial charge in [0.25, 0.3) is 5.91 Å². The van der Waals surface area contributed by atoms with E-state index in [-0.39, 0.29) is 23.7 Å². The molecule has 1 fully saturated rings. The summed E-state index contributed by atoms with van der Waals surface area (Å²) >= 11 is 6.34. The minimum absolute atomic E-state index is 0.0796. The first-order valence-corrected chi connectivity index (χ1v) is 8.04. The Balaban J connectivity index is 1.94. The van der Waals surface area contributed by atoms with Crippen molar-refractivity contribution in [2.75, 3.05) is 0 Å². The quantitative estimate of drug-likeness (QED) is 0.802. The zero-order valence-electron chi connectivity index (χ0n) is 13.4. The van der Waals surface area contributed by atoms with Crippen LogP contribution in [-0.4, -0.2) is 28.7 Å². The van der Waals surface area contributed by atoms with Crippen molar-refractivity contribution >= 4 is 29.3 Å². The van der Waals surface area contributed by atoms with Gasteiger partial charge in [-0.15, -0.1) is 0 Å². The van der Waals surface area contributed by atoms with Crippen LogP contribution in [0.3, 0.4) is 0 Å². The molecule has 1 atom stereocenters. The number of fused-ring (bicyclic) bond motifs is 1. The summed E-state index contributed by atoms with van der Waals surface area (Å²) in [7, 11) is 0. The van der Waals surface area contributed by atoms with Gasteiger partial charge in [-0.25, -0.2) is 0 Å². The summed E-state index contributed by atoms with van der Waals surface area (Å²) in [6, 6.07) is 3.21. The van der Waals surface area contributed by atoms with Gasteiger partial charge in [0.15, 0.2) is 0 Å². The molecule has 0 spiro atoms. The van der Waals surface area contributed by atoms with Crippen LogP contribution in [0.4, 0.5) is 0 Å². The van der Waals surface area contributed by atoms with Crippen molar-refractivity contribution in [1.82, 2.24) is 10.2 Å². The predicted octanol–water partition coefficient (Wildman–Crippen LogP) is 2.40. The molecule has 3 rings (SSSR count). The fourth-order valence-corrected chi connectivity index (χ4v) is 3.41. The number of piperidine rings is 1. The Bertz CT molecular complexity index is 721.